The zero-order valence-corrected chi connectivity index (χ0v) is 11.2. The quantitative estimate of drug-likeness (QED) is 0.723. The number of hydrogen-bond acceptors (Lipinski definition) is 6. The minimum absolute atomic E-state index is 0.0873. The molecule has 0 spiro atoms. The molecule has 1 aromatic rings. The fourth-order valence-corrected chi connectivity index (χ4v) is 1.72. The minimum Gasteiger partial charge on any atom is -0.480 e. The summed E-state index contributed by atoms with van der Waals surface area (Å²) in [5.41, 5.74) is 0.251. The normalized spacial score (nSPS) is 10.4. The van der Waals surface area contributed by atoms with Crippen molar-refractivity contribution >= 4 is 17.5 Å². The molecule has 5 nitrogen and oxygen atoms in total. The third-order valence-corrected chi connectivity index (χ3v) is 3.03. The Morgan fingerprint density at radius 2 is 2.12 bits per heavy atom. The maximum absolute atomic E-state index is 11.9. The molecule has 0 aromatic carbocycles. The second-order valence-corrected chi connectivity index (χ2v) is 5.12. The van der Waals surface area contributed by atoms with E-state index in [2.05, 4.69) is 9.97 Å². The Morgan fingerprint density at radius 1 is 1.41 bits per heavy atom. The Bertz CT molecular complexity index is 396. The van der Waals surface area contributed by atoms with E-state index in [9.17, 15) is 4.79 Å². The molecule has 17 heavy (non-hydrogen) atoms. The molecule has 0 amide bonds. The largest absolute Gasteiger partial charge is 0.480 e. The zero-order chi connectivity index (χ0) is 12.8. The summed E-state index contributed by atoms with van der Waals surface area (Å²) < 4.78 is 9.95. The summed E-state index contributed by atoms with van der Waals surface area (Å²) in [6.45, 7) is 4.07. The molecule has 1 rings (SSSR count). The Morgan fingerprint density at radius 3 is 2.65 bits per heavy atom. The molecule has 0 aliphatic rings. The minimum atomic E-state index is -0.0873. The lowest BCUT2D eigenvalue weighted by atomic mass is 10.3. The second-order valence-electron chi connectivity index (χ2n) is 3.55. The number of nitrogens with zero attached hydrogens (tertiary/aromatic N) is 2. The first kappa shape index (κ1) is 13.8. The molecule has 6 heteroatoms. The highest BCUT2D eigenvalue weighted by Gasteiger charge is 2.17. The van der Waals surface area contributed by atoms with Gasteiger partial charge in [0.2, 0.25) is 11.8 Å². The lowest BCUT2D eigenvalue weighted by Gasteiger charge is -2.08. The van der Waals surface area contributed by atoms with E-state index in [0.29, 0.717) is 16.9 Å². The average Bonchev–Trinajstić information content (AvgIpc) is 2.34. The van der Waals surface area contributed by atoms with E-state index in [-0.39, 0.29) is 17.4 Å². The number of thioether (sulfide) groups is 1. The van der Waals surface area contributed by atoms with Gasteiger partial charge in [0.1, 0.15) is 0 Å². The van der Waals surface area contributed by atoms with Gasteiger partial charge in [-0.3, -0.25) is 4.79 Å². The average molecular weight is 256 g/mol. The molecule has 0 radical (unpaired) electrons. The summed E-state index contributed by atoms with van der Waals surface area (Å²) in [5, 5.41) is 0.399. The Balaban J connectivity index is 2.85. The van der Waals surface area contributed by atoms with Crippen molar-refractivity contribution < 1.29 is 14.3 Å². The van der Waals surface area contributed by atoms with Crippen molar-refractivity contribution in [3.8, 4) is 11.8 Å². The van der Waals surface area contributed by atoms with Gasteiger partial charge in [0, 0.05) is 0 Å². The molecule has 0 atom stereocenters. The summed E-state index contributed by atoms with van der Waals surface area (Å²) in [6.07, 6.45) is 1.41. The number of methoxy groups -OCH3 is 2. The van der Waals surface area contributed by atoms with Crippen LogP contribution in [-0.4, -0.2) is 41.0 Å². The van der Waals surface area contributed by atoms with E-state index in [1.54, 1.807) is 11.8 Å². The van der Waals surface area contributed by atoms with Crippen molar-refractivity contribution in [2.24, 2.45) is 0 Å². The molecule has 0 saturated carbocycles. The number of ketones is 1. The SMILES string of the molecule is COc1cnc(C(=O)CSC(C)C)c(OC)n1. The van der Waals surface area contributed by atoms with Gasteiger partial charge in [-0.05, 0) is 5.25 Å². The highest BCUT2D eigenvalue weighted by molar-refractivity contribution is 8.00. The maximum atomic E-state index is 11.9. The van der Waals surface area contributed by atoms with E-state index in [4.69, 9.17) is 9.47 Å². The molecule has 0 N–H and O–H groups in total. The Hall–Kier alpha value is -1.30. The van der Waals surface area contributed by atoms with Crippen LogP contribution in [0.3, 0.4) is 0 Å². The topological polar surface area (TPSA) is 61.3 Å². The highest BCUT2D eigenvalue weighted by Crippen LogP contribution is 2.19. The van der Waals surface area contributed by atoms with Gasteiger partial charge in [-0.15, -0.1) is 0 Å². The third-order valence-electron chi connectivity index (χ3n) is 1.93. The number of carbonyl (C=O) groups is 1. The monoisotopic (exact) mass is 256 g/mol. The molecular weight excluding hydrogens is 240 g/mol. The third kappa shape index (κ3) is 3.89. The van der Waals surface area contributed by atoms with Crippen LogP contribution in [0.2, 0.25) is 0 Å². The maximum Gasteiger partial charge on any atom is 0.246 e. The van der Waals surface area contributed by atoms with E-state index in [0.717, 1.165) is 0 Å². The van der Waals surface area contributed by atoms with Gasteiger partial charge in [0.25, 0.3) is 0 Å². The predicted molar refractivity (Wildman–Crippen MR) is 67.1 cm³/mol. The Kier molecular flexibility index (Phi) is 5.21. The number of carbonyl (C=O) groups excluding carboxylic acids is 1. The summed E-state index contributed by atoms with van der Waals surface area (Å²) in [6, 6.07) is 0. The molecule has 1 aromatic heterocycles. The van der Waals surface area contributed by atoms with Gasteiger partial charge in [-0.1, -0.05) is 13.8 Å². The van der Waals surface area contributed by atoms with Crippen LogP contribution in [0.25, 0.3) is 0 Å². The van der Waals surface area contributed by atoms with Gasteiger partial charge in [-0.2, -0.15) is 16.7 Å². The van der Waals surface area contributed by atoms with Crippen LogP contribution < -0.4 is 9.47 Å². The number of Topliss-reactive ketones (excluding diaryl/α,β-unsaturated/α-hetero) is 1. The standard InChI is InChI=1S/C11H16N2O3S/c1-7(2)17-6-8(14)10-11(16-4)13-9(15-3)5-12-10/h5,7H,6H2,1-4H3. The van der Waals surface area contributed by atoms with Crippen LogP contribution in [-0.2, 0) is 0 Å². The van der Waals surface area contributed by atoms with Crippen molar-refractivity contribution in [1.82, 2.24) is 9.97 Å². The van der Waals surface area contributed by atoms with Crippen LogP contribution in [0.4, 0.5) is 0 Å². The first-order valence-electron chi connectivity index (χ1n) is 5.18. The predicted octanol–water partition coefficient (Wildman–Crippen LogP) is 1.82. The molecule has 0 saturated heterocycles. The number of rotatable bonds is 6. The molecule has 0 bridgehead atoms. The van der Waals surface area contributed by atoms with Gasteiger partial charge >= 0.3 is 0 Å². The van der Waals surface area contributed by atoms with Crippen LogP contribution >= 0.6 is 11.8 Å². The first-order valence-corrected chi connectivity index (χ1v) is 6.23. The van der Waals surface area contributed by atoms with E-state index in [1.807, 2.05) is 13.8 Å². The van der Waals surface area contributed by atoms with Gasteiger partial charge in [0.05, 0.1) is 26.2 Å². The second kappa shape index (κ2) is 6.44. The van der Waals surface area contributed by atoms with Crippen LogP contribution in [0.5, 0.6) is 11.8 Å². The summed E-state index contributed by atoms with van der Waals surface area (Å²) in [5.74, 6) is 0.819. The van der Waals surface area contributed by atoms with E-state index >= 15 is 0 Å². The molecule has 1 heterocycles. The molecule has 0 aliphatic heterocycles. The summed E-state index contributed by atoms with van der Waals surface area (Å²) >= 11 is 1.56. The summed E-state index contributed by atoms with van der Waals surface area (Å²) in [7, 11) is 2.94. The lowest BCUT2D eigenvalue weighted by Crippen LogP contribution is -2.10. The lowest BCUT2D eigenvalue weighted by molar-refractivity contribution is 0.101. The van der Waals surface area contributed by atoms with Crippen molar-refractivity contribution in [1.29, 1.82) is 0 Å². The highest BCUT2D eigenvalue weighted by atomic mass is 32.2. The van der Waals surface area contributed by atoms with Crippen LogP contribution in [0.15, 0.2) is 6.20 Å². The fraction of sp³-hybridized carbons (Fsp3) is 0.545. The number of aromatic nitrogens is 2. The van der Waals surface area contributed by atoms with Gasteiger partial charge in [0.15, 0.2) is 11.5 Å². The molecule has 0 unspecified atom stereocenters. The van der Waals surface area contributed by atoms with Crippen LogP contribution in [0.1, 0.15) is 24.3 Å². The number of hydrogen-bond donors (Lipinski definition) is 0. The fourth-order valence-electron chi connectivity index (χ4n) is 1.10. The van der Waals surface area contributed by atoms with Gasteiger partial charge < -0.3 is 9.47 Å². The Labute approximate surface area is 105 Å². The molecular formula is C11H16N2O3S. The van der Waals surface area contributed by atoms with E-state index < -0.39 is 0 Å². The molecule has 0 fully saturated rings. The molecule has 94 valence electrons. The zero-order valence-electron chi connectivity index (χ0n) is 10.4. The van der Waals surface area contributed by atoms with Crippen molar-refractivity contribution in [3.05, 3.63) is 11.9 Å². The van der Waals surface area contributed by atoms with Gasteiger partial charge in [-0.25, -0.2) is 4.98 Å². The van der Waals surface area contributed by atoms with Crippen molar-refractivity contribution in [3.63, 3.8) is 0 Å². The first-order chi connectivity index (χ1) is 8.08. The van der Waals surface area contributed by atoms with Crippen LogP contribution in [0, 0.1) is 0 Å². The number of ether oxygens (including phenoxy) is 2. The van der Waals surface area contributed by atoms with Crippen molar-refractivity contribution in [2.45, 2.75) is 19.1 Å². The summed E-state index contributed by atoms with van der Waals surface area (Å²) in [4.78, 5) is 19.9. The van der Waals surface area contributed by atoms with Crippen molar-refractivity contribution in [2.75, 3.05) is 20.0 Å². The molecule has 0 aliphatic carbocycles. The smallest absolute Gasteiger partial charge is 0.246 e. The van der Waals surface area contributed by atoms with E-state index in [1.165, 1.54) is 20.4 Å².